The van der Waals surface area contributed by atoms with Crippen LogP contribution in [0.4, 0.5) is 4.39 Å². The normalized spacial score (nSPS) is 16.4. The van der Waals surface area contributed by atoms with E-state index >= 15 is 0 Å². The zero-order chi connectivity index (χ0) is 9.97. The molecule has 3 heteroatoms. The fourth-order valence-electron chi connectivity index (χ4n) is 1.62. The molecule has 1 aromatic carbocycles. The monoisotopic (exact) mass is 195 g/mol. The smallest absolute Gasteiger partial charge is 0.130 e. The van der Waals surface area contributed by atoms with Crippen LogP contribution in [0, 0.1) is 11.7 Å². The second kappa shape index (κ2) is 3.96. The second-order valence-electron chi connectivity index (χ2n) is 3.69. The summed E-state index contributed by atoms with van der Waals surface area (Å²) in [7, 11) is 1.55. The van der Waals surface area contributed by atoms with E-state index in [2.05, 4.69) is 5.32 Å². The minimum Gasteiger partial charge on any atom is -0.497 e. The van der Waals surface area contributed by atoms with Crippen LogP contribution in [0.15, 0.2) is 18.2 Å². The van der Waals surface area contributed by atoms with Crippen LogP contribution in [0.25, 0.3) is 0 Å². The highest BCUT2D eigenvalue weighted by atomic mass is 19.1. The van der Waals surface area contributed by atoms with Crippen LogP contribution >= 0.6 is 0 Å². The lowest BCUT2D eigenvalue weighted by molar-refractivity contribution is 0.342. The summed E-state index contributed by atoms with van der Waals surface area (Å²) in [4.78, 5) is 0. The van der Waals surface area contributed by atoms with Gasteiger partial charge in [-0.15, -0.1) is 0 Å². The summed E-state index contributed by atoms with van der Waals surface area (Å²) in [6, 6.07) is 5.07. The molecule has 1 heterocycles. The van der Waals surface area contributed by atoms with E-state index in [1.54, 1.807) is 7.11 Å². The quantitative estimate of drug-likeness (QED) is 0.791. The molecule has 0 unspecified atom stereocenters. The minimum atomic E-state index is -0.156. The molecular formula is C11H14FNO. The molecule has 0 radical (unpaired) electrons. The fraction of sp³-hybridized carbons (Fsp3) is 0.455. The van der Waals surface area contributed by atoms with Crippen LogP contribution in [-0.4, -0.2) is 20.2 Å². The molecule has 1 aromatic rings. The van der Waals surface area contributed by atoms with Crippen molar-refractivity contribution in [1.82, 2.24) is 5.32 Å². The van der Waals surface area contributed by atoms with Crippen molar-refractivity contribution in [1.29, 1.82) is 0 Å². The SMILES string of the molecule is COc1ccc(CC2CNC2)c(F)c1. The van der Waals surface area contributed by atoms with Gasteiger partial charge in [-0.3, -0.25) is 0 Å². The van der Waals surface area contributed by atoms with Gasteiger partial charge in [0, 0.05) is 6.07 Å². The molecule has 2 nitrogen and oxygen atoms in total. The molecule has 1 fully saturated rings. The van der Waals surface area contributed by atoms with Crippen molar-refractivity contribution in [2.24, 2.45) is 5.92 Å². The number of ether oxygens (including phenoxy) is 1. The Morgan fingerprint density at radius 3 is 2.79 bits per heavy atom. The van der Waals surface area contributed by atoms with Crippen molar-refractivity contribution >= 4 is 0 Å². The van der Waals surface area contributed by atoms with Crippen molar-refractivity contribution in [3.05, 3.63) is 29.6 Å². The molecule has 1 N–H and O–H groups in total. The van der Waals surface area contributed by atoms with E-state index in [4.69, 9.17) is 4.74 Å². The lowest BCUT2D eigenvalue weighted by atomic mass is 9.94. The summed E-state index contributed by atoms with van der Waals surface area (Å²) in [5.74, 6) is 1.02. The molecular weight excluding hydrogens is 181 g/mol. The van der Waals surface area contributed by atoms with Crippen LogP contribution in [0.1, 0.15) is 5.56 Å². The van der Waals surface area contributed by atoms with E-state index < -0.39 is 0 Å². The van der Waals surface area contributed by atoms with Gasteiger partial charge in [-0.2, -0.15) is 0 Å². The molecule has 0 aromatic heterocycles. The van der Waals surface area contributed by atoms with Gasteiger partial charge in [0.15, 0.2) is 0 Å². The molecule has 0 atom stereocenters. The molecule has 0 spiro atoms. The number of halogens is 1. The zero-order valence-corrected chi connectivity index (χ0v) is 8.22. The number of nitrogens with one attached hydrogen (secondary N) is 1. The Bertz CT molecular complexity index is 323. The first-order chi connectivity index (χ1) is 6.79. The molecule has 76 valence electrons. The Labute approximate surface area is 83.1 Å². The topological polar surface area (TPSA) is 21.3 Å². The standard InChI is InChI=1S/C11H14FNO/c1-14-10-3-2-9(11(12)5-10)4-8-6-13-7-8/h2-3,5,8,13H,4,6-7H2,1H3. The molecule has 1 aliphatic heterocycles. The zero-order valence-electron chi connectivity index (χ0n) is 8.22. The number of benzene rings is 1. The van der Waals surface area contributed by atoms with E-state index in [1.165, 1.54) is 6.07 Å². The molecule has 2 rings (SSSR count). The summed E-state index contributed by atoms with van der Waals surface area (Å²) in [6.07, 6.45) is 0.822. The number of hydrogen-bond donors (Lipinski definition) is 1. The molecule has 0 amide bonds. The third kappa shape index (κ3) is 1.87. The Kier molecular flexibility index (Phi) is 2.68. The predicted octanol–water partition coefficient (Wildman–Crippen LogP) is 1.60. The van der Waals surface area contributed by atoms with Crippen molar-refractivity contribution in [3.63, 3.8) is 0 Å². The van der Waals surface area contributed by atoms with Crippen molar-refractivity contribution in [2.45, 2.75) is 6.42 Å². The van der Waals surface area contributed by atoms with E-state index in [0.29, 0.717) is 11.7 Å². The minimum absolute atomic E-state index is 0.156. The summed E-state index contributed by atoms with van der Waals surface area (Å²) < 4.78 is 18.4. The number of methoxy groups -OCH3 is 1. The van der Waals surface area contributed by atoms with Gasteiger partial charge in [-0.05, 0) is 37.1 Å². The number of rotatable bonds is 3. The van der Waals surface area contributed by atoms with Gasteiger partial charge in [0.2, 0.25) is 0 Å². The van der Waals surface area contributed by atoms with Gasteiger partial charge in [-0.1, -0.05) is 6.07 Å². The Morgan fingerprint density at radius 1 is 1.50 bits per heavy atom. The van der Waals surface area contributed by atoms with Crippen LogP contribution < -0.4 is 10.1 Å². The highest BCUT2D eigenvalue weighted by Crippen LogP contribution is 2.20. The largest absolute Gasteiger partial charge is 0.497 e. The lowest BCUT2D eigenvalue weighted by Crippen LogP contribution is -2.43. The van der Waals surface area contributed by atoms with Crippen LogP contribution in [-0.2, 0) is 6.42 Å². The second-order valence-corrected chi connectivity index (χ2v) is 3.69. The first kappa shape index (κ1) is 9.46. The lowest BCUT2D eigenvalue weighted by Gasteiger charge is -2.27. The maximum Gasteiger partial charge on any atom is 0.130 e. The molecule has 14 heavy (non-hydrogen) atoms. The van der Waals surface area contributed by atoms with Crippen LogP contribution in [0.3, 0.4) is 0 Å². The van der Waals surface area contributed by atoms with Crippen molar-refractivity contribution < 1.29 is 9.13 Å². The summed E-state index contributed by atoms with van der Waals surface area (Å²) in [5, 5.41) is 3.18. The molecule has 0 saturated carbocycles. The van der Waals surface area contributed by atoms with E-state index in [-0.39, 0.29) is 5.82 Å². The first-order valence-electron chi connectivity index (χ1n) is 4.82. The molecule has 0 aliphatic carbocycles. The third-order valence-electron chi connectivity index (χ3n) is 2.63. The van der Waals surface area contributed by atoms with E-state index in [9.17, 15) is 4.39 Å². The van der Waals surface area contributed by atoms with Crippen LogP contribution in [0.5, 0.6) is 5.75 Å². The Morgan fingerprint density at radius 2 is 2.29 bits per heavy atom. The Hall–Kier alpha value is -1.09. The van der Waals surface area contributed by atoms with Gasteiger partial charge >= 0.3 is 0 Å². The van der Waals surface area contributed by atoms with E-state index in [0.717, 1.165) is 25.1 Å². The van der Waals surface area contributed by atoms with E-state index in [1.807, 2.05) is 12.1 Å². The summed E-state index contributed by atoms with van der Waals surface area (Å²) in [5.41, 5.74) is 0.789. The summed E-state index contributed by atoms with van der Waals surface area (Å²) >= 11 is 0. The molecule has 1 saturated heterocycles. The maximum atomic E-state index is 13.5. The Balaban J connectivity index is 2.09. The van der Waals surface area contributed by atoms with Crippen molar-refractivity contribution in [2.75, 3.05) is 20.2 Å². The third-order valence-corrected chi connectivity index (χ3v) is 2.63. The first-order valence-corrected chi connectivity index (χ1v) is 4.82. The van der Waals surface area contributed by atoms with Crippen molar-refractivity contribution in [3.8, 4) is 5.75 Å². The molecule has 0 bridgehead atoms. The van der Waals surface area contributed by atoms with Gasteiger partial charge in [-0.25, -0.2) is 4.39 Å². The summed E-state index contributed by atoms with van der Waals surface area (Å²) in [6.45, 7) is 2.01. The average Bonchev–Trinajstić information content (AvgIpc) is 2.13. The van der Waals surface area contributed by atoms with Gasteiger partial charge in [0.1, 0.15) is 11.6 Å². The van der Waals surface area contributed by atoms with Gasteiger partial charge in [0.25, 0.3) is 0 Å². The highest BCUT2D eigenvalue weighted by Gasteiger charge is 2.18. The number of hydrogen-bond acceptors (Lipinski definition) is 2. The van der Waals surface area contributed by atoms with Gasteiger partial charge in [0.05, 0.1) is 7.11 Å². The fourth-order valence-corrected chi connectivity index (χ4v) is 1.62. The van der Waals surface area contributed by atoms with Gasteiger partial charge < -0.3 is 10.1 Å². The maximum absolute atomic E-state index is 13.5. The molecule has 1 aliphatic rings. The van der Waals surface area contributed by atoms with Crippen LogP contribution in [0.2, 0.25) is 0 Å². The highest BCUT2D eigenvalue weighted by molar-refractivity contribution is 5.29. The average molecular weight is 195 g/mol. The predicted molar refractivity (Wildman–Crippen MR) is 53.0 cm³/mol.